The van der Waals surface area contributed by atoms with Crippen molar-refractivity contribution in [1.29, 1.82) is 0 Å². The van der Waals surface area contributed by atoms with Crippen LogP contribution in [0.3, 0.4) is 0 Å². The summed E-state index contributed by atoms with van der Waals surface area (Å²) < 4.78 is 0. The lowest BCUT2D eigenvalue weighted by atomic mass is 9.90. The van der Waals surface area contributed by atoms with Gasteiger partial charge < -0.3 is 10.8 Å². The summed E-state index contributed by atoms with van der Waals surface area (Å²) in [4.78, 5) is 17.1. The van der Waals surface area contributed by atoms with E-state index in [4.69, 9.17) is 15.8 Å². The van der Waals surface area contributed by atoms with Gasteiger partial charge in [-0.1, -0.05) is 43.7 Å². The molecular weight excluding hydrogens is 404 g/mol. The van der Waals surface area contributed by atoms with Gasteiger partial charge in [0.1, 0.15) is 0 Å². The Morgan fingerprint density at radius 1 is 1.03 bits per heavy atom. The van der Waals surface area contributed by atoms with Gasteiger partial charge in [0.05, 0.1) is 5.56 Å². The van der Waals surface area contributed by atoms with Gasteiger partial charge in [0, 0.05) is 28.6 Å². The fourth-order valence-electron chi connectivity index (χ4n) is 3.71. The number of thioether (sulfide) groups is 1. The van der Waals surface area contributed by atoms with E-state index in [-0.39, 0.29) is 0 Å². The minimum Gasteiger partial charge on any atom is -0.478 e. The van der Waals surface area contributed by atoms with Crippen LogP contribution in [0.15, 0.2) is 53.4 Å². The zero-order chi connectivity index (χ0) is 22.5. The number of aromatic carboxylic acids is 1. The van der Waals surface area contributed by atoms with Gasteiger partial charge in [-0.15, -0.1) is 11.8 Å². The second kappa shape index (κ2) is 10.1. The molecule has 3 rings (SSSR count). The van der Waals surface area contributed by atoms with Crippen LogP contribution < -0.4 is 5.73 Å². The quantitative estimate of drug-likeness (QED) is 0.424. The van der Waals surface area contributed by atoms with Crippen molar-refractivity contribution < 1.29 is 9.90 Å². The molecule has 0 spiro atoms. The van der Waals surface area contributed by atoms with E-state index in [1.807, 2.05) is 12.1 Å². The average Bonchev–Trinajstić information content (AvgIpc) is 2.73. The van der Waals surface area contributed by atoms with E-state index in [2.05, 4.69) is 52.0 Å². The average molecular weight is 435 g/mol. The fraction of sp³-hybridized carbons (Fsp3) is 0.308. The Morgan fingerprint density at radius 3 is 2.23 bits per heavy atom. The Hall–Kier alpha value is -2.63. The molecule has 0 aliphatic heterocycles. The molecule has 4 nitrogen and oxygen atoms in total. The first-order valence-electron chi connectivity index (χ1n) is 10.5. The summed E-state index contributed by atoms with van der Waals surface area (Å²) in [6, 6.07) is 15.6. The first kappa shape index (κ1) is 23.0. The van der Waals surface area contributed by atoms with E-state index in [1.54, 1.807) is 23.9 Å². The summed E-state index contributed by atoms with van der Waals surface area (Å²) in [5.74, 6) is 0.325. The molecule has 3 aromatic rings. The zero-order valence-electron chi connectivity index (χ0n) is 18.6. The van der Waals surface area contributed by atoms with E-state index in [0.717, 1.165) is 34.0 Å². The van der Waals surface area contributed by atoms with Gasteiger partial charge in [-0.05, 0) is 72.7 Å². The molecule has 1 aromatic heterocycles. The highest BCUT2D eigenvalue weighted by molar-refractivity contribution is 7.98. The topological polar surface area (TPSA) is 76.2 Å². The van der Waals surface area contributed by atoms with Crippen LogP contribution in [0.1, 0.15) is 52.3 Å². The van der Waals surface area contributed by atoms with Gasteiger partial charge in [-0.3, -0.25) is 4.98 Å². The summed E-state index contributed by atoms with van der Waals surface area (Å²) >= 11 is 1.69. The van der Waals surface area contributed by atoms with Gasteiger partial charge in [0.25, 0.3) is 0 Å². The predicted octanol–water partition coefficient (Wildman–Crippen LogP) is 6.01. The lowest BCUT2D eigenvalue weighted by molar-refractivity contribution is 0.0697. The molecule has 2 aromatic carbocycles. The number of hydrogen-bond acceptors (Lipinski definition) is 4. The molecule has 0 fully saturated rings. The Labute approximate surface area is 188 Å². The Bertz CT molecular complexity index is 1060. The van der Waals surface area contributed by atoms with Gasteiger partial charge in [0.2, 0.25) is 0 Å². The molecule has 0 aliphatic carbocycles. The third kappa shape index (κ3) is 5.54. The van der Waals surface area contributed by atoms with Crippen LogP contribution in [0, 0.1) is 19.8 Å². The number of nitrogens with two attached hydrogens (primary N) is 1. The number of aromatic nitrogens is 1. The van der Waals surface area contributed by atoms with Crippen molar-refractivity contribution >= 4 is 17.7 Å². The molecule has 0 aliphatic rings. The first-order chi connectivity index (χ1) is 14.8. The molecule has 0 radical (unpaired) electrons. The molecule has 0 saturated heterocycles. The van der Waals surface area contributed by atoms with E-state index in [0.29, 0.717) is 18.0 Å². The molecule has 0 saturated carbocycles. The van der Waals surface area contributed by atoms with E-state index >= 15 is 0 Å². The Morgan fingerprint density at radius 2 is 1.68 bits per heavy atom. The maximum atomic E-state index is 11.1. The van der Waals surface area contributed by atoms with Crippen molar-refractivity contribution in [2.45, 2.75) is 51.3 Å². The van der Waals surface area contributed by atoms with Crippen LogP contribution >= 0.6 is 11.8 Å². The minimum atomic E-state index is -0.911. The number of carboxylic acid groups (broad SMARTS) is 1. The summed E-state index contributed by atoms with van der Waals surface area (Å²) in [5, 5.41) is 9.12. The highest BCUT2D eigenvalue weighted by Crippen LogP contribution is 2.36. The van der Waals surface area contributed by atoms with Crippen LogP contribution in [-0.4, -0.2) is 16.1 Å². The van der Waals surface area contributed by atoms with Crippen LogP contribution in [0.4, 0.5) is 0 Å². The number of benzene rings is 2. The van der Waals surface area contributed by atoms with Crippen LogP contribution in [0.25, 0.3) is 11.1 Å². The van der Waals surface area contributed by atoms with Crippen molar-refractivity contribution in [3.63, 3.8) is 0 Å². The molecule has 0 atom stereocenters. The Kier molecular flexibility index (Phi) is 7.52. The van der Waals surface area contributed by atoms with Gasteiger partial charge in [-0.2, -0.15) is 0 Å². The van der Waals surface area contributed by atoms with Crippen LogP contribution in [0.5, 0.6) is 0 Å². The minimum absolute atomic E-state index is 0.297. The van der Waals surface area contributed by atoms with Crippen molar-refractivity contribution in [3.8, 4) is 11.1 Å². The highest BCUT2D eigenvalue weighted by Gasteiger charge is 2.19. The maximum Gasteiger partial charge on any atom is 0.335 e. The monoisotopic (exact) mass is 434 g/mol. The number of nitrogens with zero attached hydrogens (tertiary/aromatic N) is 1. The van der Waals surface area contributed by atoms with Gasteiger partial charge in [0.15, 0.2) is 0 Å². The number of rotatable bonds is 8. The first-order valence-corrected chi connectivity index (χ1v) is 11.5. The number of aryl methyl sites for hydroxylation is 2. The second-order valence-corrected chi connectivity index (χ2v) is 9.31. The number of pyridine rings is 1. The SMILES string of the molecule is Cc1ccc(-c2c(CSc3ccc(C(=O)O)cc3)c(C)nc(CC(C)C)c2CN)cc1. The number of carboxylic acids is 1. The second-order valence-electron chi connectivity index (χ2n) is 8.26. The predicted molar refractivity (Wildman–Crippen MR) is 129 cm³/mol. The number of carbonyl (C=O) groups is 1. The van der Waals surface area contributed by atoms with Crippen molar-refractivity contribution in [1.82, 2.24) is 4.98 Å². The summed E-state index contributed by atoms with van der Waals surface area (Å²) in [6.07, 6.45) is 0.899. The third-order valence-electron chi connectivity index (χ3n) is 5.32. The molecule has 31 heavy (non-hydrogen) atoms. The van der Waals surface area contributed by atoms with E-state index in [1.165, 1.54) is 22.3 Å². The molecule has 0 bridgehead atoms. The standard InChI is InChI=1S/C26H30N2O2S/c1-16(2)13-24-22(14-27)25(19-7-5-17(3)6-8-19)23(18(4)28-24)15-31-21-11-9-20(10-12-21)26(29)30/h5-12,16H,13-15,27H2,1-4H3,(H,29,30). The van der Waals surface area contributed by atoms with E-state index < -0.39 is 5.97 Å². The van der Waals surface area contributed by atoms with Crippen molar-refractivity contribution in [2.75, 3.05) is 0 Å². The van der Waals surface area contributed by atoms with Crippen molar-refractivity contribution in [3.05, 3.63) is 82.2 Å². The summed E-state index contributed by atoms with van der Waals surface area (Å²) in [6.45, 7) is 9.02. The van der Waals surface area contributed by atoms with Crippen LogP contribution in [-0.2, 0) is 18.7 Å². The molecule has 162 valence electrons. The molecule has 3 N–H and O–H groups in total. The van der Waals surface area contributed by atoms with Crippen LogP contribution in [0.2, 0.25) is 0 Å². The molecule has 1 heterocycles. The smallest absolute Gasteiger partial charge is 0.335 e. The summed E-state index contributed by atoms with van der Waals surface area (Å²) in [7, 11) is 0. The lowest BCUT2D eigenvalue weighted by Crippen LogP contribution is -2.13. The number of hydrogen-bond donors (Lipinski definition) is 2. The molecule has 0 amide bonds. The molecule has 0 unspecified atom stereocenters. The fourth-order valence-corrected chi connectivity index (χ4v) is 4.71. The molecule has 5 heteroatoms. The van der Waals surface area contributed by atoms with E-state index in [9.17, 15) is 4.79 Å². The highest BCUT2D eigenvalue weighted by atomic mass is 32.2. The normalized spacial score (nSPS) is 11.2. The van der Waals surface area contributed by atoms with Gasteiger partial charge >= 0.3 is 5.97 Å². The maximum absolute atomic E-state index is 11.1. The zero-order valence-corrected chi connectivity index (χ0v) is 19.4. The van der Waals surface area contributed by atoms with Crippen molar-refractivity contribution in [2.24, 2.45) is 11.7 Å². The Balaban J connectivity index is 2.05. The van der Waals surface area contributed by atoms with Gasteiger partial charge in [-0.25, -0.2) is 4.79 Å². The summed E-state index contributed by atoms with van der Waals surface area (Å²) in [5.41, 5.74) is 14.6. The molecular formula is C26H30N2O2S. The largest absolute Gasteiger partial charge is 0.478 e. The lowest BCUT2D eigenvalue weighted by Gasteiger charge is -2.21. The third-order valence-corrected chi connectivity index (χ3v) is 6.36.